The monoisotopic (exact) mass is 278 g/mol. The summed E-state index contributed by atoms with van der Waals surface area (Å²) in [6.45, 7) is 4.28. The van der Waals surface area contributed by atoms with Gasteiger partial charge in [0, 0.05) is 15.7 Å². The molecule has 0 unspecified atom stereocenters. The Bertz CT molecular complexity index is 467. The second-order valence-electron chi connectivity index (χ2n) is 3.74. The fourth-order valence-electron chi connectivity index (χ4n) is 1.92. The molecule has 0 saturated heterocycles. The smallest absolute Gasteiger partial charge is 0.0700 e. The molecule has 16 heavy (non-hydrogen) atoms. The Morgan fingerprint density at radius 3 is 2.69 bits per heavy atom. The summed E-state index contributed by atoms with van der Waals surface area (Å²) in [6.07, 6.45) is 1.94. The van der Waals surface area contributed by atoms with Crippen molar-refractivity contribution in [2.24, 2.45) is 0 Å². The number of hydrogen-bond donors (Lipinski definition) is 1. The first-order chi connectivity index (χ1) is 7.76. The van der Waals surface area contributed by atoms with Gasteiger partial charge in [0.1, 0.15) is 0 Å². The fourth-order valence-corrected chi connectivity index (χ4v) is 2.32. The molecule has 0 amide bonds. The first kappa shape index (κ1) is 11.4. The first-order valence-electron chi connectivity index (χ1n) is 5.58. The van der Waals surface area contributed by atoms with E-state index >= 15 is 0 Å². The highest BCUT2D eigenvalue weighted by atomic mass is 79.9. The lowest BCUT2D eigenvalue weighted by atomic mass is 10.0. The van der Waals surface area contributed by atoms with E-state index in [-0.39, 0.29) is 0 Å². The molecule has 1 N–H and O–H groups in total. The Kier molecular flexibility index (Phi) is 3.44. The van der Waals surface area contributed by atoms with Gasteiger partial charge < -0.3 is 0 Å². The molecule has 0 fully saturated rings. The minimum absolute atomic E-state index is 0.957. The van der Waals surface area contributed by atoms with Gasteiger partial charge in [0.15, 0.2) is 0 Å². The van der Waals surface area contributed by atoms with Crippen molar-refractivity contribution in [2.75, 3.05) is 0 Å². The molecule has 0 saturated carbocycles. The largest absolute Gasteiger partial charge is 0.282 e. The van der Waals surface area contributed by atoms with Crippen LogP contribution in [0.2, 0.25) is 0 Å². The number of rotatable bonds is 3. The number of hydrogen-bond acceptors (Lipinski definition) is 1. The molecule has 84 valence electrons. The lowest BCUT2D eigenvalue weighted by Gasteiger charge is -2.04. The van der Waals surface area contributed by atoms with Gasteiger partial charge >= 0.3 is 0 Å². The van der Waals surface area contributed by atoms with Crippen LogP contribution < -0.4 is 0 Å². The highest BCUT2D eigenvalue weighted by molar-refractivity contribution is 9.10. The Morgan fingerprint density at radius 1 is 1.25 bits per heavy atom. The van der Waals surface area contributed by atoms with Crippen LogP contribution in [-0.4, -0.2) is 10.2 Å². The molecule has 0 atom stereocenters. The van der Waals surface area contributed by atoms with Crippen LogP contribution in [0, 0.1) is 0 Å². The van der Waals surface area contributed by atoms with Crippen molar-refractivity contribution >= 4 is 15.9 Å². The van der Waals surface area contributed by atoms with E-state index in [0.717, 1.165) is 23.0 Å². The molecule has 1 heterocycles. The second-order valence-corrected chi connectivity index (χ2v) is 4.66. The second kappa shape index (κ2) is 4.83. The summed E-state index contributed by atoms with van der Waals surface area (Å²) in [7, 11) is 0. The molecule has 1 aromatic carbocycles. The number of nitrogens with one attached hydrogen (secondary N) is 1. The molecular formula is C13H15BrN2. The maximum Gasteiger partial charge on any atom is 0.0700 e. The molecule has 1 aromatic heterocycles. The maximum atomic E-state index is 4.37. The topological polar surface area (TPSA) is 28.7 Å². The first-order valence-corrected chi connectivity index (χ1v) is 6.37. The summed E-state index contributed by atoms with van der Waals surface area (Å²) in [5.41, 5.74) is 4.87. The van der Waals surface area contributed by atoms with Gasteiger partial charge in [-0.3, -0.25) is 5.10 Å². The van der Waals surface area contributed by atoms with Gasteiger partial charge in [0.25, 0.3) is 0 Å². The number of aromatic nitrogens is 2. The molecule has 0 aliphatic heterocycles. The van der Waals surface area contributed by atoms with Crippen LogP contribution in [-0.2, 0) is 12.8 Å². The van der Waals surface area contributed by atoms with E-state index < -0.39 is 0 Å². The summed E-state index contributed by atoms with van der Waals surface area (Å²) in [5, 5.41) is 7.50. The zero-order valence-electron chi connectivity index (χ0n) is 9.55. The lowest BCUT2D eigenvalue weighted by molar-refractivity contribution is 0.936. The van der Waals surface area contributed by atoms with E-state index in [1.54, 1.807) is 0 Å². The van der Waals surface area contributed by atoms with E-state index in [4.69, 9.17) is 0 Å². The third-order valence-corrected chi connectivity index (χ3v) is 3.21. The van der Waals surface area contributed by atoms with Crippen LogP contribution >= 0.6 is 15.9 Å². The number of H-pyrrole nitrogens is 1. The summed E-state index contributed by atoms with van der Waals surface area (Å²) in [6, 6.07) is 8.38. The van der Waals surface area contributed by atoms with Crippen molar-refractivity contribution < 1.29 is 0 Å². The van der Waals surface area contributed by atoms with E-state index in [1.807, 2.05) is 6.07 Å². The summed E-state index contributed by atoms with van der Waals surface area (Å²) in [5.74, 6) is 0. The van der Waals surface area contributed by atoms with Gasteiger partial charge in [0.2, 0.25) is 0 Å². The Labute approximate surface area is 104 Å². The molecule has 3 heteroatoms. The molecule has 0 bridgehead atoms. The molecular weight excluding hydrogens is 264 g/mol. The highest BCUT2D eigenvalue weighted by Gasteiger charge is 2.12. The van der Waals surface area contributed by atoms with Crippen LogP contribution in [0.5, 0.6) is 0 Å². The quantitative estimate of drug-likeness (QED) is 0.905. The standard InChI is InChI=1S/C13H15BrN2/c1-3-11-13(12(4-2)16-15-11)9-6-5-7-10(14)8-9/h5-8H,3-4H2,1-2H3,(H,15,16). The zero-order chi connectivity index (χ0) is 11.5. The van der Waals surface area contributed by atoms with Gasteiger partial charge in [-0.1, -0.05) is 41.9 Å². The molecule has 0 spiro atoms. The average Bonchev–Trinajstić information content (AvgIpc) is 2.71. The Morgan fingerprint density at radius 2 is 2.06 bits per heavy atom. The molecule has 0 radical (unpaired) electrons. The SMILES string of the molecule is CCc1n[nH]c(CC)c1-c1cccc(Br)c1. The van der Waals surface area contributed by atoms with E-state index in [0.29, 0.717) is 0 Å². The van der Waals surface area contributed by atoms with Crippen molar-refractivity contribution in [3.8, 4) is 11.1 Å². The van der Waals surface area contributed by atoms with Crippen molar-refractivity contribution in [3.05, 3.63) is 40.1 Å². The van der Waals surface area contributed by atoms with E-state index in [1.165, 1.54) is 16.8 Å². The van der Waals surface area contributed by atoms with Gasteiger partial charge in [-0.25, -0.2) is 0 Å². The molecule has 2 aromatic rings. The maximum absolute atomic E-state index is 4.37. The Balaban J connectivity index is 2.57. The molecule has 2 rings (SSSR count). The number of aromatic amines is 1. The third kappa shape index (κ3) is 2.05. The minimum Gasteiger partial charge on any atom is -0.282 e. The number of nitrogens with zero attached hydrogens (tertiary/aromatic N) is 1. The zero-order valence-corrected chi connectivity index (χ0v) is 11.1. The molecule has 0 aliphatic carbocycles. The predicted molar refractivity (Wildman–Crippen MR) is 70.5 cm³/mol. The van der Waals surface area contributed by atoms with Crippen LogP contribution in [0.3, 0.4) is 0 Å². The van der Waals surface area contributed by atoms with Crippen LogP contribution in [0.15, 0.2) is 28.7 Å². The van der Waals surface area contributed by atoms with Crippen molar-refractivity contribution in [1.82, 2.24) is 10.2 Å². The van der Waals surface area contributed by atoms with E-state index in [9.17, 15) is 0 Å². The van der Waals surface area contributed by atoms with Crippen molar-refractivity contribution in [3.63, 3.8) is 0 Å². The number of aryl methyl sites for hydroxylation is 2. The summed E-state index contributed by atoms with van der Waals surface area (Å²) in [4.78, 5) is 0. The van der Waals surface area contributed by atoms with Gasteiger partial charge in [-0.05, 0) is 30.5 Å². The summed E-state index contributed by atoms with van der Waals surface area (Å²) >= 11 is 3.51. The Hall–Kier alpha value is -1.09. The fraction of sp³-hybridized carbons (Fsp3) is 0.308. The van der Waals surface area contributed by atoms with Gasteiger partial charge in [0.05, 0.1) is 5.69 Å². The van der Waals surface area contributed by atoms with Gasteiger partial charge in [-0.2, -0.15) is 5.10 Å². The highest BCUT2D eigenvalue weighted by Crippen LogP contribution is 2.28. The number of halogens is 1. The van der Waals surface area contributed by atoms with Gasteiger partial charge in [-0.15, -0.1) is 0 Å². The molecule has 0 aliphatic rings. The van der Waals surface area contributed by atoms with Crippen LogP contribution in [0.25, 0.3) is 11.1 Å². The van der Waals surface area contributed by atoms with Crippen molar-refractivity contribution in [2.45, 2.75) is 26.7 Å². The van der Waals surface area contributed by atoms with Crippen LogP contribution in [0.1, 0.15) is 25.2 Å². The lowest BCUT2D eigenvalue weighted by Crippen LogP contribution is -1.88. The third-order valence-electron chi connectivity index (χ3n) is 2.72. The normalized spacial score (nSPS) is 10.7. The minimum atomic E-state index is 0.957. The summed E-state index contributed by atoms with van der Waals surface area (Å²) < 4.78 is 1.11. The van der Waals surface area contributed by atoms with Crippen molar-refractivity contribution in [1.29, 1.82) is 0 Å². The van der Waals surface area contributed by atoms with E-state index in [2.05, 4.69) is 58.2 Å². The molecule has 2 nitrogen and oxygen atoms in total. The number of benzene rings is 1. The average molecular weight is 279 g/mol. The predicted octanol–water partition coefficient (Wildman–Crippen LogP) is 3.96. The van der Waals surface area contributed by atoms with Crippen LogP contribution in [0.4, 0.5) is 0 Å².